The second-order valence-corrected chi connectivity index (χ2v) is 6.14. The molecule has 0 amide bonds. The number of rotatable bonds is 3. The van der Waals surface area contributed by atoms with Gasteiger partial charge in [0.15, 0.2) is 0 Å². The summed E-state index contributed by atoms with van der Waals surface area (Å²) in [7, 11) is 1.78. The molecule has 0 radical (unpaired) electrons. The average Bonchev–Trinajstić information content (AvgIpc) is 2.31. The van der Waals surface area contributed by atoms with E-state index in [-0.39, 0.29) is 12.8 Å². The first-order chi connectivity index (χ1) is 8.88. The molecule has 0 aliphatic heterocycles. The number of nitrogens with one attached hydrogen (secondary N) is 1. The van der Waals surface area contributed by atoms with Crippen molar-refractivity contribution in [1.29, 1.82) is 0 Å². The molecule has 106 valence electrons. The third kappa shape index (κ3) is 3.21. The quantitative estimate of drug-likeness (QED) is 0.856. The molecule has 1 aromatic carbocycles. The number of benzene rings is 1. The van der Waals surface area contributed by atoms with Gasteiger partial charge >= 0.3 is 0 Å². The normalized spacial score (nSPS) is 26.4. The molecule has 2 rings (SSSR count). The standard InChI is InChI=1S/C14H17Cl2F2N/c1-19-9-13(5-2-6-14(17,18)8-13)10-3-4-11(15)12(16)7-10/h3-4,7,19H,2,5-6,8-9H2,1H3. The summed E-state index contributed by atoms with van der Waals surface area (Å²) < 4.78 is 27.6. The lowest BCUT2D eigenvalue weighted by Crippen LogP contribution is -2.45. The van der Waals surface area contributed by atoms with Gasteiger partial charge in [-0.15, -0.1) is 0 Å². The first-order valence-corrected chi connectivity index (χ1v) is 7.12. The lowest BCUT2D eigenvalue weighted by atomic mass is 9.68. The van der Waals surface area contributed by atoms with Crippen LogP contribution in [0.4, 0.5) is 8.78 Å². The number of hydrogen-bond acceptors (Lipinski definition) is 1. The Morgan fingerprint density at radius 1 is 1.21 bits per heavy atom. The Morgan fingerprint density at radius 3 is 2.53 bits per heavy atom. The molecule has 1 saturated carbocycles. The summed E-state index contributed by atoms with van der Waals surface area (Å²) >= 11 is 11.9. The maximum Gasteiger partial charge on any atom is 0.249 e. The Hall–Kier alpha value is -0.380. The summed E-state index contributed by atoms with van der Waals surface area (Å²) in [6, 6.07) is 5.22. The van der Waals surface area contributed by atoms with E-state index in [4.69, 9.17) is 23.2 Å². The monoisotopic (exact) mass is 307 g/mol. The van der Waals surface area contributed by atoms with Crippen LogP contribution in [0.15, 0.2) is 18.2 Å². The van der Waals surface area contributed by atoms with Gasteiger partial charge < -0.3 is 5.32 Å². The van der Waals surface area contributed by atoms with E-state index in [1.54, 1.807) is 19.2 Å². The highest BCUT2D eigenvalue weighted by molar-refractivity contribution is 6.42. The number of likely N-dealkylation sites (N-methyl/N-ethyl adjacent to an activating group) is 1. The van der Waals surface area contributed by atoms with Gasteiger partial charge in [0.25, 0.3) is 0 Å². The molecule has 1 aliphatic carbocycles. The minimum Gasteiger partial charge on any atom is -0.319 e. The van der Waals surface area contributed by atoms with Crippen LogP contribution in [-0.2, 0) is 5.41 Å². The molecule has 0 bridgehead atoms. The molecule has 1 nitrogen and oxygen atoms in total. The number of halogens is 4. The Kier molecular flexibility index (Phi) is 4.38. The van der Waals surface area contributed by atoms with Crippen molar-refractivity contribution in [3.8, 4) is 0 Å². The molecule has 19 heavy (non-hydrogen) atoms. The first-order valence-electron chi connectivity index (χ1n) is 6.37. The lowest BCUT2D eigenvalue weighted by molar-refractivity contribution is -0.0611. The summed E-state index contributed by atoms with van der Waals surface area (Å²) in [4.78, 5) is 0. The maximum absolute atomic E-state index is 13.8. The van der Waals surface area contributed by atoms with E-state index in [0.717, 1.165) is 12.0 Å². The van der Waals surface area contributed by atoms with Gasteiger partial charge in [-0.05, 0) is 37.6 Å². The van der Waals surface area contributed by atoms with Crippen molar-refractivity contribution in [3.63, 3.8) is 0 Å². The Balaban J connectivity index is 2.40. The van der Waals surface area contributed by atoms with Crippen molar-refractivity contribution < 1.29 is 8.78 Å². The zero-order valence-corrected chi connectivity index (χ0v) is 12.3. The molecular weight excluding hydrogens is 291 g/mol. The van der Waals surface area contributed by atoms with Gasteiger partial charge in [0, 0.05) is 24.8 Å². The van der Waals surface area contributed by atoms with Crippen molar-refractivity contribution in [3.05, 3.63) is 33.8 Å². The predicted molar refractivity (Wildman–Crippen MR) is 75.5 cm³/mol. The van der Waals surface area contributed by atoms with Gasteiger partial charge in [-0.2, -0.15) is 0 Å². The van der Waals surface area contributed by atoms with Crippen LogP contribution in [0.2, 0.25) is 10.0 Å². The van der Waals surface area contributed by atoms with Crippen LogP contribution in [0, 0.1) is 0 Å². The van der Waals surface area contributed by atoms with Crippen molar-refractivity contribution in [2.75, 3.05) is 13.6 Å². The summed E-state index contributed by atoms with van der Waals surface area (Å²) in [6.45, 7) is 0.514. The molecule has 1 N–H and O–H groups in total. The number of hydrogen-bond donors (Lipinski definition) is 1. The van der Waals surface area contributed by atoms with Crippen molar-refractivity contribution in [2.45, 2.75) is 37.0 Å². The SMILES string of the molecule is CNCC1(c2ccc(Cl)c(Cl)c2)CCCC(F)(F)C1. The summed E-state index contributed by atoms with van der Waals surface area (Å²) in [5.41, 5.74) is 0.278. The van der Waals surface area contributed by atoms with Gasteiger partial charge in [0.1, 0.15) is 0 Å². The van der Waals surface area contributed by atoms with E-state index < -0.39 is 11.3 Å². The van der Waals surface area contributed by atoms with Gasteiger partial charge in [0.2, 0.25) is 5.92 Å². The van der Waals surface area contributed by atoms with Gasteiger partial charge in [-0.3, -0.25) is 0 Å². The topological polar surface area (TPSA) is 12.0 Å². The van der Waals surface area contributed by atoms with Gasteiger partial charge in [0.05, 0.1) is 10.0 Å². The van der Waals surface area contributed by atoms with Crippen LogP contribution in [0.3, 0.4) is 0 Å². The largest absolute Gasteiger partial charge is 0.319 e. The highest BCUT2D eigenvalue weighted by Crippen LogP contribution is 2.46. The molecule has 0 saturated heterocycles. The van der Waals surface area contributed by atoms with Crippen molar-refractivity contribution in [2.24, 2.45) is 0 Å². The molecular formula is C14H17Cl2F2N. The zero-order valence-electron chi connectivity index (χ0n) is 10.8. The fraction of sp³-hybridized carbons (Fsp3) is 0.571. The molecule has 1 fully saturated rings. The van der Waals surface area contributed by atoms with E-state index in [9.17, 15) is 8.78 Å². The molecule has 1 unspecified atom stereocenters. The van der Waals surface area contributed by atoms with Crippen LogP contribution < -0.4 is 5.32 Å². The highest BCUT2D eigenvalue weighted by atomic mass is 35.5. The smallest absolute Gasteiger partial charge is 0.249 e. The molecule has 5 heteroatoms. The third-order valence-electron chi connectivity index (χ3n) is 3.84. The molecule has 0 heterocycles. The minimum absolute atomic E-state index is 0.0280. The van der Waals surface area contributed by atoms with Crippen LogP contribution in [-0.4, -0.2) is 19.5 Å². The number of alkyl halides is 2. The fourth-order valence-corrected chi connectivity index (χ4v) is 3.32. The third-order valence-corrected chi connectivity index (χ3v) is 4.58. The van der Waals surface area contributed by atoms with Crippen molar-refractivity contribution in [1.82, 2.24) is 5.32 Å². The fourth-order valence-electron chi connectivity index (χ4n) is 3.02. The van der Waals surface area contributed by atoms with E-state index >= 15 is 0 Å². The Morgan fingerprint density at radius 2 is 1.95 bits per heavy atom. The summed E-state index contributed by atoms with van der Waals surface area (Å²) in [5.74, 6) is -2.61. The van der Waals surface area contributed by atoms with Crippen molar-refractivity contribution >= 4 is 23.2 Å². The van der Waals surface area contributed by atoms with E-state index in [2.05, 4.69) is 5.32 Å². The highest BCUT2D eigenvalue weighted by Gasteiger charge is 2.46. The molecule has 1 aliphatic rings. The van der Waals surface area contributed by atoms with Crippen LogP contribution in [0.1, 0.15) is 31.2 Å². The van der Waals surface area contributed by atoms with E-state index in [0.29, 0.717) is 23.0 Å². The second-order valence-electron chi connectivity index (χ2n) is 5.33. The molecule has 1 aromatic rings. The van der Waals surface area contributed by atoms with E-state index in [1.165, 1.54) is 0 Å². The maximum atomic E-state index is 13.8. The first kappa shape index (κ1) is 15.0. The summed E-state index contributed by atoms with van der Waals surface area (Å²) in [5, 5.41) is 3.91. The lowest BCUT2D eigenvalue weighted by Gasteiger charge is -2.41. The van der Waals surface area contributed by atoms with Gasteiger partial charge in [-0.1, -0.05) is 29.3 Å². The second kappa shape index (κ2) is 5.55. The Labute approximate surface area is 122 Å². The molecule has 0 spiro atoms. The van der Waals surface area contributed by atoms with Crippen LogP contribution in [0.5, 0.6) is 0 Å². The summed E-state index contributed by atoms with van der Waals surface area (Å²) in [6.07, 6.45) is 1.09. The Bertz CT molecular complexity index is 461. The molecule has 1 atom stereocenters. The molecule has 0 aromatic heterocycles. The average molecular weight is 308 g/mol. The zero-order chi connectivity index (χ0) is 14.1. The van der Waals surface area contributed by atoms with Crippen LogP contribution in [0.25, 0.3) is 0 Å². The van der Waals surface area contributed by atoms with Crippen LogP contribution >= 0.6 is 23.2 Å². The minimum atomic E-state index is -2.61. The predicted octanol–water partition coefficient (Wildman–Crippen LogP) is 4.66. The van der Waals surface area contributed by atoms with Gasteiger partial charge in [-0.25, -0.2) is 8.78 Å². The van der Waals surface area contributed by atoms with E-state index in [1.807, 2.05) is 6.07 Å².